The predicted octanol–water partition coefficient (Wildman–Crippen LogP) is 4.78. The number of hydrogen-bond donors (Lipinski definition) is 0. The van der Waals surface area contributed by atoms with Crippen LogP contribution in [0.1, 0.15) is 33.3 Å². The van der Waals surface area contributed by atoms with Crippen LogP contribution in [-0.4, -0.2) is 27.7 Å². The number of benzene rings is 1. The number of carbonyl (C=O) groups is 1. The molecule has 1 aromatic carbocycles. The zero-order chi connectivity index (χ0) is 20.2. The van der Waals surface area contributed by atoms with Crippen molar-refractivity contribution in [3.63, 3.8) is 0 Å². The van der Waals surface area contributed by atoms with E-state index in [1.165, 1.54) is 35.4 Å². The molecule has 146 valence electrons. The highest BCUT2D eigenvalue weighted by molar-refractivity contribution is 5.85. The van der Waals surface area contributed by atoms with E-state index in [9.17, 15) is 18.0 Å². The van der Waals surface area contributed by atoms with Crippen molar-refractivity contribution < 1.29 is 27.4 Å². The molecule has 0 aliphatic rings. The number of aromatic nitrogens is 2. The van der Waals surface area contributed by atoms with Crippen molar-refractivity contribution in [1.29, 1.82) is 0 Å². The average Bonchev–Trinajstić information content (AvgIpc) is 2.99. The van der Waals surface area contributed by atoms with Crippen LogP contribution in [0.3, 0.4) is 0 Å². The molecule has 1 aromatic heterocycles. The number of halogens is 3. The van der Waals surface area contributed by atoms with Gasteiger partial charge in [0.1, 0.15) is 5.75 Å². The minimum Gasteiger partial charge on any atom is -0.491 e. The molecule has 0 N–H and O–H groups in total. The van der Waals surface area contributed by atoms with Crippen LogP contribution in [0.4, 0.5) is 13.2 Å². The van der Waals surface area contributed by atoms with Gasteiger partial charge in [-0.15, -0.1) is 0 Å². The maximum absolute atomic E-state index is 13.2. The number of hydrogen-bond acceptors (Lipinski definition) is 4. The van der Waals surface area contributed by atoms with Crippen molar-refractivity contribution in [1.82, 2.24) is 9.55 Å². The summed E-state index contributed by atoms with van der Waals surface area (Å²) in [6, 6.07) is 3.47. The van der Waals surface area contributed by atoms with Crippen molar-refractivity contribution in [2.75, 3.05) is 0 Å². The smallest absolute Gasteiger partial charge is 0.416 e. The molecule has 2 rings (SSSR count). The summed E-state index contributed by atoms with van der Waals surface area (Å²) in [7, 11) is 0. The number of ether oxygens (including phenoxy) is 2. The Bertz CT molecular complexity index is 824. The lowest BCUT2D eigenvalue weighted by Gasteiger charge is -2.14. The van der Waals surface area contributed by atoms with Crippen LogP contribution in [-0.2, 0) is 15.7 Å². The number of rotatable bonds is 6. The lowest BCUT2D eigenvalue weighted by Crippen LogP contribution is -2.09. The third-order valence-electron chi connectivity index (χ3n) is 3.24. The summed E-state index contributed by atoms with van der Waals surface area (Å²) in [6.07, 6.45) is 0.504. The van der Waals surface area contributed by atoms with Crippen LogP contribution in [0.2, 0.25) is 0 Å². The summed E-state index contributed by atoms with van der Waals surface area (Å²) in [5, 5.41) is 0. The highest BCUT2D eigenvalue weighted by Gasteiger charge is 2.31. The molecule has 0 fully saturated rings. The summed E-state index contributed by atoms with van der Waals surface area (Å²) in [5.41, 5.74) is -0.241. The van der Waals surface area contributed by atoms with Gasteiger partial charge in [0.25, 0.3) is 0 Å². The normalized spacial score (nSPS) is 12.2. The van der Waals surface area contributed by atoms with Crippen molar-refractivity contribution in [3.8, 4) is 17.0 Å². The standard InChI is InChI=1S/C19H21F3N2O3/c1-12(2)26-16-8-14(7-15(9-16)19(20,21)22)17-10-24(11-23-17)6-5-18(25)27-13(3)4/h5-13H,1-4H3/b6-5+. The van der Waals surface area contributed by atoms with Gasteiger partial charge >= 0.3 is 12.1 Å². The van der Waals surface area contributed by atoms with Crippen LogP contribution >= 0.6 is 0 Å². The lowest BCUT2D eigenvalue weighted by molar-refractivity contribution is -0.141. The maximum atomic E-state index is 13.2. The largest absolute Gasteiger partial charge is 0.491 e. The van der Waals surface area contributed by atoms with E-state index >= 15 is 0 Å². The van der Waals surface area contributed by atoms with Gasteiger partial charge in [-0.05, 0) is 45.9 Å². The molecule has 0 atom stereocenters. The third-order valence-corrected chi connectivity index (χ3v) is 3.24. The highest BCUT2D eigenvalue weighted by atomic mass is 19.4. The maximum Gasteiger partial charge on any atom is 0.416 e. The zero-order valence-electron chi connectivity index (χ0n) is 15.4. The van der Waals surface area contributed by atoms with Gasteiger partial charge in [-0.3, -0.25) is 0 Å². The first kappa shape index (κ1) is 20.5. The van der Waals surface area contributed by atoms with Crippen molar-refractivity contribution in [2.45, 2.75) is 46.1 Å². The summed E-state index contributed by atoms with van der Waals surface area (Å²) >= 11 is 0. The number of imidazole rings is 1. The summed E-state index contributed by atoms with van der Waals surface area (Å²) in [5.74, 6) is -0.410. The Balaban J connectivity index is 2.31. The summed E-state index contributed by atoms with van der Waals surface area (Å²) in [6.45, 7) is 6.92. The molecule has 1 heterocycles. The molecule has 0 aliphatic carbocycles. The number of carbonyl (C=O) groups excluding carboxylic acids is 1. The van der Waals surface area contributed by atoms with Gasteiger partial charge in [-0.25, -0.2) is 9.78 Å². The van der Waals surface area contributed by atoms with Gasteiger partial charge < -0.3 is 14.0 Å². The fourth-order valence-electron chi connectivity index (χ4n) is 2.24. The van der Waals surface area contributed by atoms with E-state index in [2.05, 4.69) is 4.98 Å². The van der Waals surface area contributed by atoms with Crippen LogP contribution in [0.5, 0.6) is 5.75 Å². The highest BCUT2D eigenvalue weighted by Crippen LogP contribution is 2.35. The molecule has 2 aromatic rings. The molecule has 0 aliphatic heterocycles. The molecule has 0 saturated carbocycles. The summed E-state index contributed by atoms with van der Waals surface area (Å²) in [4.78, 5) is 15.6. The molecule has 27 heavy (non-hydrogen) atoms. The Morgan fingerprint density at radius 2 is 1.85 bits per heavy atom. The lowest BCUT2D eigenvalue weighted by atomic mass is 10.1. The van der Waals surface area contributed by atoms with E-state index in [4.69, 9.17) is 9.47 Å². The first-order valence-corrected chi connectivity index (χ1v) is 8.36. The molecule has 0 bridgehead atoms. The minimum atomic E-state index is -4.51. The quantitative estimate of drug-likeness (QED) is 0.533. The molecule has 0 radical (unpaired) electrons. The molecule has 0 unspecified atom stereocenters. The zero-order valence-corrected chi connectivity index (χ0v) is 15.4. The van der Waals surface area contributed by atoms with Crippen LogP contribution in [0.25, 0.3) is 17.5 Å². The molecule has 0 spiro atoms. The molecule has 5 nitrogen and oxygen atoms in total. The molecule has 8 heteroatoms. The SMILES string of the molecule is CC(C)OC(=O)/C=C/n1cnc(-c2cc(OC(C)C)cc(C(F)(F)F)c2)c1. The van der Waals surface area contributed by atoms with E-state index in [0.717, 1.165) is 12.1 Å². The molecular weight excluding hydrogens is 361 g/mol. The van der Waals surface area contributed by atoms with E-state index in [1.54, 1.807) is 27.7 Å². The van der Waals surface area contributed by atoms with Crippen LogP contribution in [0.15, 0.2) is 36.8 Å². The van der Waals surface area contributed by atoms with Crippen molar-refractivity contribution in [2.24, 2.45) is 0 Å². The van der Waals surface area contributed by atoms with Gasteiger partial charge in [0.2, 0.25) is 0 Å². The monoisotopic (exact) mass is 382 g/mol. The Labute approximate surface area is 155 Å². The second kappa shape index (κ2) is 8.28. The van der Waals surface area contributed by atoms with Crippen LogP contribution < -0.4 is 4.74 Å². The molecular formula is C19H21F3N2O3. The van der Waals surface area contributed by atoms with Crippen LogP contribution in [0, 0.1) is 0 Å². The summed E-state index contributed by atoms with van der Waals surface area (Å²) < 4.78 is 51.4. The average molecular weight is 382 g/mol. The van der Waals surface area contributed by atoms with E-state index in [1.807, 2.05) is 0 Å². The van der Waals surface area contributed by atoms with Gasteiger partial charge in [-0.2, -0.15) is 13.2 Å². The van der Waals surface area contributed by atoms with Gasteiger partial charge in [0, 0.05) is 24.0 Å². The first-order chi connectivity index (χ1) is 12.5. The predicted molar refractivity (Wildman–Crippen MR) is 95.0 cm³/mol. The van der Waals surface area contributed by atoms with Gasteiger partial charge in [0.15, 0.2) is 0 Å². The van der Waals surface area contributed by atoms with Gasteiger partial charge in [0.05, 0.1) is 29.8 Å². The van der Waals surface area contributed by atoms with E-state index < -0.39 is 17.7 Å². The van der Waals surface area contributed by atoms with Crippen molar-refractivity contribution >= 4 is 12.2 Å². The fraction of sp³-hybridized carbons (Fsp3) is 0.368. The molecule has 0 amide bonds. The Morgan fingerprint density at radius 3 is 2.44 bits per heavy atom. The van der Waals surface area contributed by atoms with E-state index in [0.29, 0.717) is 5.69 Å². The topological polar surface area (TPSA) is 53.4 Å². The number of esters is 1. The first-order valence-electron chi connectivity index (χ1n) is 8.36. The van der Waals surface area contributed by atoms with Crippen molar-refractivity contribution in [3.05, 3.63) is 42.4 Å². The third kappa shape index (κ3) is 6.16. The van der Waals surface area contributed by atoms with E-state index in [-0.39, 0.29) is 23.5 Å². The Kier molecular flexibility index (Phi) is 6.30. The fourth-order valence-corrected chi connectivity index (χ4v) is 2.24. The molecule has 0 saturated heterocycles. The minimum absolute atomic E-state index is 0.112. The Hall–Kier alpha value is -2.77. The second-order valence-corrected chi connectivity index (χ2v) is 6.42. The number of nitrogens with zero attached hydrogens (tertiary/aromatic N) is 2. The number of alkyl halides is 3. The second-order valence-electron chi connectivity index (χ2n) is 6.42. The Morgan fingerprint density at radius 1 is 1.15 bits per heavy atom. The van der Waals surface area contributed by atoms with Gasteiger partial charge in [-0.1, -0.05) is 0 Å².